The highest BCUT2D eigenvalue weighted by molar-refractivity contribution is 5.77. The number of amides is 1. The third-order valence-electron chi connectivity index (χ3n) is 13.2. The van der Waals surface area contributed by atoms with Gasteiger partial charge in [-0.05, 0) is 64.2 Å². The third kappa shape index (κ3) is 48.3. The molecule has 6 heteroatoms. The first kappa shape index (κ1) is 63.8. The summed E-state index contributed by atoms with van der Waals surface area (Å²) in [5.41, 5.74) is 0. The molecule has 0 aliphatic carbocycles. The fourth-order valence-corrected chi connectivity index (χ4v) is 8.84. The van der Waals surface area contributed by atoms with Crippen LogP contribution in [0.2, 0.25) is 0 Å². The number of carbonyl (C=O) groups is 2. The van der Waals surface area contributed by atoms with Gasteiger partial charge in [0.15, 0.2) is 0 Å². The van der Waals surface area contributed by atoms with Crippen LogP contribution in [0.5, 0.6) is 0 Å². The summed E-state index contributed by atoms with van der Waals surface area (Å²) in [4.78, 5) is 26.3. The molecular weight excluding hydrogens is 815 g/mol. The molecule has 386 valence electrons. The van der Waals surface area contributed by atoms with Crippen molar-refractivity contribution in [2.45, 2.75) is 315 Å². The van der Waals surface area contributed by atoms with Crippen molar-refractivity contribution in [1.29, 1.82) is 0 Å². The lowest BCUT2D eigenvalue weighted by atomic mass is 10.0. The average Bonchev–Trinajstić information content (AvgIpc) is 3.31. The number of rotatable bonds is 52. The molecule has 0 spiro atoms. The molecule has 0 radical (unpaired) electrons. The highest BCUT2D eigenvalue weighted by Gasteiger charge is 2.24. The summed E-state index contributed by atoms with van der Waals surface area (Å²) in [6, 6.07) is -0.707. The number of ether oxygens (including phenoxy) is 1. The maximum atomic E-state index is 13.3. The normalized spacial score (nSPS) is 13.5. The fraction of sp³-hybridized carbons (Fsp3) is 0.833. The molecule has 1 amide bonds. The molecule has 0 aliphatic heterocycles. The van der Waals surface area contributed by atoms with Gasteiger partial charge in [-0.2, -0.15) is 0 Å². The third-order valence-corrected chi connectivity index (χ3v) is 13.2. The second-order valence-corrected chi connectivity index (χ2v) is 19.7. The summed E-state index contributed by atoms with van der Waals surface area (Å²) in [5, 5.41) is 23.9. The van der Waals surface area contributed by atoms with Gasteiger partial charge in [0, 0.05) is 6.42 Å². The Balaban J connectivity index is 4.59. The van der Waals surface area contributed by atoms with E-state index in [2.05, 4.69) is 74.7 Å². The van der Waals surface area contributed by atoms with Crippen LogP contribution in [0.4, 0.5) is 0 Å². The Morgan fingerprint density at radius 3 is 1.23 bits per heavy atom. The minimum absolute atomic E-state index is 0.0680. The van der Waals surface area contributed by atoms with Crippen molar-refractivity contribution in [2.75, 3.05) is 6.61 Å². The number of aliphatic hydroxyl groups is 2. The zero-order chi connectivity index (χ0) is 48.1. The van der Waals surface area contributed by atoms with Gasteiger partial charge in [-0.15, -0.1) is 0 Å². The van der Waals surface area contributed by atoms with E-state index in [9.17, 15) is 19.8 Å². The molecule has 0 aliphatic rings. The van der Waals surface area contributed by atoms with Crippen molar-refractivity contribution in [3.05, 3.63) is 48.6 Å². The summed E-state index contributed by atoms with van der Waals surface area (Å²) in [6.07, 6.45) is 66.0. The van der Waals surface area contributed by atoms with Crippen LogP contribution < -0.4 is 5.32 Å². The highest BCUT2D eigenvalue weighted by atomic mass is 16.5. The predicted octanol–water partition coefficient (Wildman–Crippen LogP) is 17.8. The molecule has 3 atom stereocenters. The molecule has 0 aromatic heterocycles. The number of aliphatic hydroxyl groups excluding tert-OH is 2. The second-order valence-electron chi connectivity index (χ2n) is 19.7. The van der Waals surface area contributed by atoms with E-state index >= 15 is 0 Å². The molecule has 66 heavy (non-hydrogen) atoms. The van der Waals surface area contributed by atoms with E-state index < -0.39 is 18.2 Å². The minimum Gasteiger partial charge on any atom is -0.462 e. The molecule has 0 saturated heterocycles. The molecule has 0 bridgehead atoms. The van der Waals surface area contributed by atoms with Gasteiger partial charge in [-0.1, -0.05) is 268 Å². The van der Waals surface area contributed by atoms with Crippen molar-refractivity contribution in [3.8, 4) is 0 Å². The Bertz CT molecular complexity index is 1130. The van der Waals surface area contributed by atoms with Gasteiger partial charge in [0.05, 0.1) is 25.2 Å². The number of unbranched alkanes of at least 4 members (excludes halogenated alkanes) is 32. The van der Waals surface area contributed by atoms with Gasteiger partial charge in [0.1, 0.15) is 6.10 Å². The van der Waals surface area contributed by atoms with Gasteiger partial charge in [0.25, 0.3) is 0 Å². The van der Waals surface area contributed by atoms with Crippen molar-refractivity contribution in [1.82, 2.24) is 5.32 Å². The molecule has 0 rings (SSSR count). The summed E-state index contributed by atoms with van der Waals surface area (Å²) in [6.45, 7) is 6.40. The lowest BCUT2D eigenvalue weighted by Gasteiger charge is -2.24. The highest BCUT2D eigenvalue weighted by Crippen LogP contribution is 2.19. The van der Waals surface area contributed by atoms with Crippen LogP contribution in [0.15, 0.2) is 48.6 Å². The zero-order valence-electron chi connectivity index (χ0n) is 44.1. The van der Waals surface area contributed by atoms with Crippen molar-refractivity contribution < 1.29 is 24.5 Å². The molecule has 0 saturated carbocycles. The summed E-state index contributed by atoms with van der Waals surface area (Å²) < 4.78 is 5.95. The summed E-state index contributed by atoms with van der Waals surface area (Å²) in [7, 11) is 0. The maximum absolute atomic E-state index is 13.3. The number of hydrogen-bond acceptors (Lipinski definition) is 5. The summed E-state index contributed by atoms with van der Waals surface area (Å²) >= 11 is 0. The van der Waals surface area contributed by atoms with Gasteiger partial charge in [-0.3, -0.25) is 9.59 Å². The second kappa shape index (κ2) is 53.8. The molecular formula is C60H111NO5. The standard InChI is InChI=1S/C60H111NO5/c1-4-7-10-13-16-19-22-25-28-30-31-33-36-39-42-45-48-51-56(66-60(65)53-50-47-44-41-38-35-32-29-26-23-20-17-14-11-8-5-2)54-59(64)61-57(55-62)58(63)52-49-46-43-40-37-34-27-24-21-18-15-12-9-6-3/h8,11,17,20,26,29,35,38,56-58,62-63H,4-7,9-10,12-16,18-19,21-25,27-28,30-34,36-37,39-55H2,1-3H3,(H,61,64)/b11-8+,20-17+,29-26+,38-35+. The van der Waals surface area contributed by atoms with Crippen molar-refractivity contribution >= 4 is 11.9 Å². The monoisotopic (exact) mass is 926 g/mol. The molecule has 0 heterocycles. The average molecular weight is 927 g/mol. The van der Waals surface area contributed by atoms with Crippen LogP contribution in [0.1, 0.15) is 297 Å². The molecule has 6 nitrogen and oxygen atoms in total. The molecule has 0 aromatic rings. The summed E-state index contributed by atoms with van der Waals surface area (Å²) in [5.74, 6) is -0.496. The van der Waals surface area contributed by atoms with Gasteiger partial charge >= 0.3 is 5.97 Å². The number of carbonyl (C=O) groups excluding carboxylic acids is 2. The Hall–Kier alpha value is -2.18. The SMILES string of the molecule is CC/C=C/C/C=C/C/C=C/C/C=C/CCCCCC(=O)OC(CCCCCCCCCCCCCCCCCCC)CC(=O)NC(CO)C(O)CCCCCCCCCCCCCCCC. The number of nitrogens with one attached hydrogen (secondary N) is 1. The van der Waals surface area contributed by atoms with E-state index in [-0.39, 0.29) is 24.9 Å². The maximum Gasteiger partial charge on any atom is 0.306 e. The van der Waals surface area contributed by atoms with Crippen LogP contribution in [-0.4, -0.2) is 46.9 Å². The van der Waals surface area contributed by atoms with Gasteiger partial charge < -0.3 is 20.3 Å². The smallest absolute Gasteiger partial charge is 0.306 e. The van der Waals surface area contributed by atoms with E-state index in [1.807, 2.05) is 0 Å². The van der Waals surface area contributed by atoms with Crippen LogP contribution in [0.3, 0.4) is 0 Å². The number of esters is 1. The zero-order valence-corrected chi connectivity index (χ0v) is 44.1. The van der Waals surface area contributed by atoms with E-state index in [0.717, 1.165) is 83.5 Å². The predicted molar refractivity (Wildman–Crippen MR) is 287 cm³/mol. The van der Waals surface area contributed by atoms with Crippen LogP contribution >= 0.6 is 0 Å². The molecule has 0 fully saturated rings. The largest absolute Gasteiger partial charge is 0.462 e. The number of hydrogen-bond donors (Lipinski definition) is 3. The fourth-order valence-electron chi connectivity index (χ4n) is 8.84. The first-order chi connectivity index (χ1) is 32.5. The Morgan fingerprint density at radius 2 is 0.818 bits per heavy atom. The van der Waals surface area contributed by atoms with Gasteiger partial charge in [-0.25, -0.2) is 0 Å². The Labute approximate surface area is 410 Å². The lowest BCUT2D eigenvalue weighted by Crippen LogP contribution is -2.46. The van der Waals surface area contributed by atoms with Crippen LogP contribution in [0, 0.1) is 0 Å². The van der Waals surface area contributed by atoms with Crippen molar-refractivity contribution in [3.63, 3.8) is 0 Å². The molecule has 0 aromatic carbocycles. The minimum atomic E-state index is -0.793. The van der Waals surface area contributed by atoms with Crippen LogP contribution in [-0.2, 0) is 14.3 Å². The Morgan fingerprint density at radius 1 is 0.455 bits per heavy atom. The van der Waals surface area contributed by atoms with Crippen LogP contribution in [0.25, 0.3) is 0 Å². The van der Waals surface area contributed by atoms with E-state index in [1.54, 1.807) is 0 Å². The van der Waals surface area contributed by atoms with E-state index in [0.29, 0.717) is 19.3 Å². The Kier molecular flexibility index (Phi) is 52.0. The first-order valence-corrected chi connectivity index (χ1v) is 28.9. The van der Waals surface area contributed by atoms with E-state index in [1.165, 1.54) is 167 Å². The quantitative estimate of drug-likeness (QED) is 0.0321. The topological polar surface area (TPSA) is 95.9 Å². The van der Waals surface area contributed by atoms with E-state index in [4.69, 9.17) is 4.74 Å². The molecule has 3 N–H and O–H groups in total. The van der Waals surface area contributed by atoms with Gasteiger partial charge in [0.2, 0.25) is 5.91 Å². The number of allylic oxidation sites excluding steroid dienone is 8. The van der Waals surface area contributed by atoms with Crippen molar-refractivity contribution in [2.24, 2.45) is 0 Å². The first-order valence-electron chi connectivity index (χ1n) is 28.9. The lowest BCUT2D eigenvalue weighted by molar-refractivity contribution is -0.151. The molecule has 3 unspecified atom stereocenters.